The first-order chi connectivity index (χ1) is 11.2. The molecule has 2 aliphatic carbocycles. The molecule has 4 nitrogen and oxygen atoms in total. The van der Waals surface area contributed by atoms with Gasteiger partial charge in [-0.25, -0.2) is 9.82 Å². The van der Waals surface area contributed by atoms with Gasteiger partial charge in [-0.3, -0.25) is 4.79 Å². The molecule has 1 aromatic carbocycles. The summed E-state index contributed by atoms with van der Waals surface area (Å²) in [5.74, 6) is 0.845. The van der Waals surface area contributed by atoms with Crippen molar-refractivity contribution in [2.75, 3.05) is 6.61 Å². The first kappa shape index (κ1) is 16.0. The number of carbonyl (C=O) groups is 1. The zero-order valence-corrected chi connectivity index (χ0v) is 13.3. The van der Waals surface area contributed by atoms with Crippen molar-refractivity contribution in [1.29, 1.82) is 0 Å². The second-order valence-electron chi connectivity index (χ2n) is 6.48. The Kier molecular flexibility index (Phi) is 5.26. The highest BCUT2D eigenvalue weighted by Gasteiger charge is 2.30. The molecule has 0 bridgehead atoms. The quantitative estimate of drug-likeness (QED) is 0.861. The smallest absolute Gasteiger partial charge is 0.277 e. The van der Waals surface area contributed by atoms with Crippen molar-refractivity contribution < 1.29 is 13.9 Å². The van der Waals surface area contributed by atoms with E-state index in [0.29, 0.717) is 0 Å². The zero-order valence-electron chi connectivity index (χ0n) is 13.3. The van der Waals surface area contributed by atoms with Crippen LogP contribution in [0.3, 0.4) is 0 Å². The topological polar surface area (TPSA) is 50.7 Å². The van der Waals surface area contributed by atoms with Crippen LogP contribution in [0.15, 0.2) is 29.4 Å². The molecule has 2 aliphatic rings. The van der Waals surface area contributed by atoms with Crippen LogP contribution in [0.5, 0.6) is 5.75 Å². The Hall–Kier alpha value is -1.91. The number of fused-ring (bicyclic) bond motifs is 1. The predicted molar refractivity (Wildman–Crippen MR) is 86.8 cm³/mol. The fourth-order valence-corrected chi connectivity index (χ4v) is 3.67. The van der Waals surface area contributed by atoms with Crippen molar-refractivity contribution in [1.82, 2.24) is 5.43 Å². The maximum Gasteiger partial charge on any atom is 0.277 e. The molecule has 23 heavy (non-hydrogen) atoms. The third-order valence-electron chi connectivity index (χ3n) is 4.90. The minimum atomic E-state index is -0.470. The van der Waals surface area contributed by atoms with Gasteiger partial charge in [-0.15, -0.1) is 0 Å². The fraction of sp³-hybridized carbons (Fsp3) is 0.556. The normalized spacial score (nSPS) is 25.7. The maximum atomic E-state index is 13.4. The van der Waals surface area contributed by atoms with E-state index in [1.165, 1.54) is 44.2 Å². The lowest BCUT2D eigenvalue weighted by molar-refractivity contribution is -0.123. The summed E-state index contributed by atoms with van der Waals surface area (Å²) in [5, 5.41) is 4.25. The van der Waals surface area contributed by atoms with Crippen LogP contribution in [0.4, 0.5) is 4.39 Å². The maximum absolute atomic E-state index is 13.4. The summed E-state index contributed by atoms with van der Waals surface area (Å²) in [5.41, 5.74) is 3.62. The van der Waals surface area contributed by atoms with Gasteiger partial charge in [0, 0.05) is 5.71 Å². The monoisotopic (exact) mass is 318 g/mol. The first-order valence-electron chi connectivity index (χ1n) is 8.44. The van der Waals surface area contributed by atoms with Crippen molar-refractivity contribution >= 4 is 11.6 Å². The van der Waals surface area contributed by atoms with Gasteiger partial charge in [0.1, 0.15) is 0 Å². The number of para-hydroxylation sites is 1. The van der Waals surface area contributed by atoms with Crippen LogP contribution in [0.25, 0.3) is 0 Å². The number of hydrazone groups is 1. The van der Waals surface area contributed by atoms with E-state index >= 15 is 0 Å². The van der Waals surface area contributed by atoms with Gasteiger partial charge in [0.15, 0.2) is 18.2 Å². The Morgan fingerprint density at radius 3 is 2.83 bits per heavy atom. The van der Waals surface area contributed by atoms with E-state index in [2.05, 4.69) is 10.5 Å². The summed E-state index contributed by atoms with van der Waals surface area (Å²) < 4.78 is 18.6. The number of ether oxygens (including phenoxy) is 1. The SMILES string of the molecule is O=C(COc1ccccc1F)N/N=C1/CC[C@@H]2CCCC[C@@H]2C1. The Morgan fingerprint density at radius 1 is 1.22 bits per heavy atom. The van der Waals surface area contributed by atoms with E-state index in [4.69, 9.17) is 4.74 Å². The Morgan fingerprint density at radius 2 is 2.00 bits per heavy atom. The molecular weight excluding hydrogens is 295 g/mol. The molecule has 0 radical (unpaired) electrons. The molecule has 0 saturated heterocycles. The fourth-order valence-electron chi connectivity index (χ4n) is 3.67. The average molecular weight is 318 g/mol. The van der Waals surface area contributed by atoms with Gasteiger partial charge in [-0.2, -0.15) is 5.10 Å². The van der Waals surface area contributed by atoms with Gasteiger partial charge < -0.3 is 4.74 Å². The molecular formula is C18H23FN2O2. The van der Waals surface area contributed by atoms with Gasteiger partial charge in [-0.1, -0.05) is 31.4 Å². The molecule has 0 aromatic heterocycles. The van der Waals surface area contributed by atoms with Crippen LogP contribution in [0.1, 0.15) is 44.9 Å². The highest BCUT2D eigenvalue weighted by Crippen LogP contribution is 2.39. The van der Waals surface area contributed by atoms with Crippen molar-refractivity contribution in [3.63, 3.8) is 0 Å². The molecule has 0 unspecified atom stereocenters. The molecule has 124 valence electrons. The second kappa shape index (κ2) is 7.57. The minimum absolute atomic E-state index is 0.0815. The molecule has 2 atom stereocenters. The molecule has 1 amide bonds. The van der Waals surface area contributed by atoms with Crippen LogP contribution in [-0.2, 0) is 4.79 Å². The van der Waals surface area contributed by atoms with Crippen molar-refractivity contribution in [3.8, 4) is 5.75 Å². The molecule has 3 rings (SSSR count). The number of carbonyl (C=O) groups excluding carboxylic acids is 1. The van der Waals surface area contributed by atoms with Crippen LogP contribution >= 0.6 is 0 Å². The predicted octanol–water partition coefficient (Wildman–Crippen LogP) is 3.67. The molecule has 2 fully saturated rings. The molecule has 2 saturated carbocycles. The molecule has 1 N–H and O–H groups in total. The standard InChI is InChI=1S/C18H23FN2O2/c19-16-7-3-4-8-17(16)23-12-18(22)21-20-15-10-9-13-5-1-2-6-14(13)11-15/h3-4,7-8,13-14H,1-2,5-6,9-12H2,(H,21,22)/b20-15-/t13-,14+/m0/s1. The summed E-state index contributed by atoms with van der Waals surface area (Å²) in [4.78, 5) is 11.8. The Labute approximate surface area is 136 Å². The number of hydrogen-bond donors (Lipinski definition) is 1. The zero-order chi connectivity index (χ0) is 16.1. The lowest BCUT2D eigenvalue weighted by atomic mass is 9.70. The Balaban J connectivity index is 1.46. The number of halogens is 1. The molecule has 1 aromatic rings. The molecule has 0 aliphatic heterocycles. The lowest BCUT2D eigenvalue weighted by Crippen LogP contribution is -2.31. The van der Waals surface area contributed by atoms with E-state index in [0.717, 1.165) is 30.4 Å². The minimum Gasteiger partial charge on any atom is -0.481 e. The molecule has 0 heterocycles. The average Bonchev–Trinajstić information content (AvgIpc) is 2.59. The van der Waals surface area contributed by atoms with Gasteiger partial charge in [0.25, 0.3) is 5.91 Å². The largest absolute Gasteiger partial charge is 0.481 e. The molecule has 0 spiro atoms. The number of hydrogen-bond acceptors (Lipinski definition) is 3. The van der Waals surface area contributed by atoms with E-state index in [-0.39, 0.29) is 18.3 Å². The van der Waals surface area contributed by atoms with E-state index < -0.39 is 5.82 Å². The number of nitrogens with zero attached hydrogens (tertiary/aromatic N) is 1. The number of nitrogens with one attached hydrogen (secondary N) is 1. The van der Waals surface area contributed by atoms with E-state index in [9.17, 15) is 9.18 Å². The number of amides is 1. The number of benzene rings is 1. The lowest BCUT2D eigenvalue weighted by Gasteiger charge is -2.35. The van der Waals surface area contributed by atoms with Crippen LogP contribution in [0, 0.1) is 17.7 Å². The molecule has 5 heteroatoms. The third kappa shape index (κ3) is 4.30. The second-order valence-corrected chi connectivity index (χ2v) is 6.48. The Bertz CT molecular complexity index is 588. The summed E-state index contributed by atoms with van der Waals surface area (Å²) in [6.45, 7) is -0.232. The summed E-state index contributed by atoms with van der Waals surface area (Å²) in [6.07, 6.45) is 8.46. The van der Waals surface area contributed by atoms with Crippen LogP contribution < -0.4 is 10.2 Å². The van der Waals surface area contributed by atoms with Crippen molar-refractivity contribution in [3.05, 3.63) is 30.1 Å². The number of rotatable bonds is 4. The van der Waals surface area contributed by atoms with E-state index in [1.807, 2.05) is 0 Å². The summed E-state index contributed by atoms with van der Waals surface area (Å²) in [6, 6.07) is 6.05. The van der Waals surface area contributed by atoms with Crippen molar-refractivity contribution in [2.45, 2.75) is 44.9 Å². The van der Waals surface area contributed by atoms with Crippen LogP contribution in [0.2, 0.25) is 0 Å². The van der Waals surface area contributed by atoms with Gasteiger partial charge in [-0.05, 0) is 49.7 Å². The van der Waals surface area contributed by atoms with Gasteiger partial charge in [0.2, 0.25) is 0 Å². The highest BCUT2D eigenvalue weighted by molar-refractivity contribution is 5.87. The highest BCUT2D eigenvalue weighted by atomic mass is 19.1. The third-order valence-corrected chi connectivity index (χ3v) is 4.90. The van der Waals surface area contributed by atoms with Gasteiger partial charge in [0.05, 0.1) is 0 Å². The van der Waals surface area contributed by atoms with Gasteiger partial charge >= 0.3 is 0 Å². The summed E-state index contributed by atoms with van der Waals surface area (Å²) in [7, 11) is 0. The summed E-state index contributed by atoms with van der Waals surface area (Å²) >= 11 is 0. The van der Waals surface area contributed by atoms with E-state index in [1.54, 1.807) is 12.1 Å². The van der Waals surface area contributed by atoms with Crippen molar-refractivity contribution in [2.24, 2.45) is 16.9 Å². The first-order valence-corrected chi connectivity index (χ1v) is 8.44. The van der Waals surface area contributed by atoms with Crippen LogP contribution in [-0.4, -0.2) is 18.2 Å².